The van der Waals surface area contributed by atoms with E-state index in [2.05, 4.69) is 5.32 Å². The maximum absolute atomic E-state index is 14.9. The van der Waals surface area contributed by atoms with Crippen LogP contribution in [-0.2, 0) is 19.4 Å². The minimum absolute atomic E-state index is 0.00441. The van der Waals surface area contributed by atoms with E-state index in [-0.39, 0.29) is 41.6 Å². The molecule has 252 valence electrons. The van der Waals surface area contributed by atoms with Gasteiger partial charge >= 0.3 is 0 Å². The number of anilines is 1. The molecule has 0 spiro atoms. The molecule has 7 nitrogen and oxygen atoms in total. The van der Waals surface area contributed by atoms with Crippen molar-refractivity contribution < 1.29 is 22.8 Å². The standard InChI is InChI=1S/C37H44Cl2N2O5S/c1-7-33(42)25-13-17-30(18-14-25)40-34(43)21-37(6)20-31(27-9-8-10-29(39)19-27)35(26-11-15-28(38)16-12-26)41(36(37)44)32(23(2)3)22-47(45,46)24(4)5/h8-19,23-24,31-32,35H,7,20-22H2,1-6H3,(H,40,43)/t31-,32-,35-,37-/m1/s1. The number of hydrogen-bond donors (Lipinski definition) is 1. The fraction of sp³-hybridized carbons (Fsp3) is 0.432. The van der Waals surface area contributed by atoms with E-state index >= 15 is 0 Å². The number of nitrogens with zero attached hydrogens (tertiary/aromatic N) is 1. The van der Waals surface area contributed by atoms with Gasteiger partial charge in [0.1, 0.15) is 0 Å². The maximum Gasteiger partial charge on any atom is 0.229 e. The lowest BCUT2D eigenvalue weighted by atomic mass is 9.66. The number of nitrogens with one attached hydrogen (secondary N) is 1. The molecule has 0 saturated carbocycles. The van der Waals surface area contributed by atoms with E-state index in [0.29, 0.717) is 34.1 Å². The van der Waals surface area contributed by atoms with Crippen molar-refractivity contribution in [1.82, 2.24) is 4.90 Å². The molecule has 1 saturated heterocycles. The average molecular weight is 700 g/mol. The lowest BCUT2D eigenvalue weighted by molar-refractivity contribution is -0.157. The zero-order chi connectivity index (χ0) is 34.7. The minimum Gasteiger partial charge on any atom is -0.330 e. The fourth-order valence-corrected chi connectivity index (χ4v) is 8.17. The van der Waals surface area contributed by atoms with E-state index in [1.54, 1.807) is 75.1 Å². The van der Waals surface area contributed by atoms with Crippen molar-refractivity contribution in [2.75, 3.05) is 11.1 Å². The fourth-order valence-electron chi connectivity index (χ4n) is 6.44. The van der Waals surface area contributed by atoms with Crippen molar-refractivity contribution in [2.45, 2.75) is 84.1 Å². The Bertz CT molecular complexity index is 1710. The van der Waals surface area contributed by atoms with Crippen LogP contribution in [0.15, 0.2) is 72.8 Å². The molecule has 4 atom stereocenters. The Labute approximate surface area is 288 Å². The highest BCUT2D eigenvalue weighted by atomic mass is 35.5. The van der Waals surface area contributed by atoms with Crippen LogP contribution in [0.25, 0.3) is 0 Å². The summed E-state index contributed by atoms with van der Waals surface area (Å²) in [7, 11) is -3.57. The molecule has 0 radical (unpaired) electrons. The van der Waals surface area contributed by atoms with Gasteiger partial charge in [-0.3, -0.25) is 14.4 Å². The molecule has 3 aromatic rings. The molecule has 4 rings (SSSR count). The summed E-state index contributed by atoms with van der Waals surface area (Å²) in [4.78, 5) is 42.4. The van der Waals surface area contributed by atoms with Crippen molar-refractivity contribution >= 4 is 56.3 Å². The van der Waals surface area contributed by atoms with Crippen LogP contribution in [0.2, 0.25) is 10.0 Å². The highest BCUT2D eigenvalue weighted by Crippen LogP contribution is 2.52. The molecule has 3 aromatic carbocycles. The Kier molecular flexibility index (Phi) is 11.6. The Hall–Kier alpha value is -3.20. The summed E-state index contributed by atoms with van der Waals surface area (Å²) in [5, 5.41) is 3.35. The molecule has 0 aliphatic carbocycles. The van der Waals surface area contributed by atoms with Crippen LogP contribution in [0.5, 0.6) is 0 Å². The molecular weight excluding hydrogens is 655 g/mol. The van der Waals surface area contributed by atoms with E-state index < -0.39 is 32.6 Å². The first-order chi connectivity index (χ1) is 22.1. The third-order valence-corrected chi connectivity index (χ3v) is 11.9. The summed E-state index contributed by atoms with van der Waals surface area (Å²) in [6, 6.07) is 20.2. The lowest BCUT2D eigenvalue weighted by Crippen LogP contribution is -2.59. The second-order valence-corrected chi connectivity index (χ2v) is 16.9. The molecule has 1 N–H and O–H groups in total. The largest absolute Gasteiger partial charge is 0.330 e. The zero-order valence-corrected chi connectivity index (χ0v) is 30.1. The number of Topliss-reactive ketones (excluding diaryl/α,β-unsaturated/α-hetero) is 1. The maximum atomic E-state index is 14.9. The van der Waals surface area contributed by atoms with Gasteiger partial charge in [0.2, 0.25) is 11.8 Å². The molecule has 0 unspecified atom stereocenters. The van der Waals surface area contributed by atoms with Crippen molar-refractivity contribution in [2.24, 2.45) is 11.3 Å². The smallest absolute Gasteiger partial charge is 0.229 e. The van der Waals surface area contributed by atoms with Gasteiger partial charge in [-0.05, 0) is 85.8 Å². The summed E-state index contributed by atoms with van der Waals surface area (Å²) in [6.45, 7) is 10.7. The quantitative estimate of drug-likeness (QED) is 0.191. The van der Waals surface area contributed by atoms with Gasteiger partial charge in [0.05, 0.1) is 22.5 Å². The van der Waals surface area contributed by atoms with Crippen LogP contribution >= 0.6 is 23.2 Å². The van der Waals surface area contributed by atoms with Crippen LogP contribution in [0.1, 0.15) is 94.2 Å². The number of hydrogen-bond acceptors (Lipinski definition) is 5. The Morgan fingerprint density at radius 3 is 2.13 bits per heavy atom. The summed E-state index contributed by atoms with van der Waals surface area (Å²) >= 11 is 12.8. The number of benzene rings is 3. The molecular formula is C37H44Cl2N2O5S. The molecule has 10 heteroatoms. The van der Waals surface area contributed by atoms with E-state index in [1.165, 1.54) is 0 Å². The first-order valence-corrected chi connectivity index (χ1v) is 18.5. The molecule has 0 aromatic heterocycles. The third kappa shape index (κ3) is 8.45. The number of carbonyl (C=O) groups excluding carboxylic acids is 3. The van der Waals surface area contributed by atoms with Gasteiger partial charge in [0.25, 0.3) is 0 Å². The number of ketones is 1. The molecule has 1 fully saturated rings. The molecule has 0 bridgehead atoms. The molecule has 2 amide bonds. The van der Waals surface area contributed by atoms with E-state index in [0.717, 1.165) is 11.1 Å². The van der Waals surface area contributed by atoms with Crippen molar-refractivity contribution in [3.05, 3.63) is 99.5 Å². The monoisotopic (exact) mass is 698 g/mol. The van der Waals surface area contributed by atoms with Gasteiger partial charge in [-0.25, -0.2) is 8.42 Å². The third-order valence-electron chi connectivity index (χ3n) is 9.20. The highest BCUT2D eigenvalue weighted by Gasteiger charge is 2.53. The van der Waals surface area contributed by atoms with E-state index in [4.69, 9.17) is 23.2 Å². The first-order valence-electron chi connectivity index (χ1n) is 16.0. The summed E-state index contributed by atoms with van der Waals surface area (Å²) in [5.74, 6) is -1.40. The summed E-state index contributed by atoms with van der Waals surface area (Å²) in [5.41, 5.74) is 1.58. The van der Waals surface area contributed by atoms with Gasteiger partial charge in [-0.1, -0.05) is 75.2 Å². The number of likely N-dealkylation sites (tertiary alicyclic amines) is 1. The number of amides is 2. The number of rotatable bonds is 12. The SMILES string of the molecule is CCC(=O)c1ccc(NC(=O)C[C@@]2(C)C[C@H](c3cccc(Cl)c3)[C@@H](c3ccc(Cl)cc3)N([C@H](CS(=O)(=O)C(C)C)C(C)C)C2=O)cc1. The Morgan fingerprint density at radius 1 is 0.936 bits per heavy atom. The van der Waals surface area contributed by atoms with Crippen molar-refractivity contribution in [3.8, 4) is 0 Å². The zero-order valence-electron chi connectivity index (χ0n) is 27.8. The normalized spacial score (nSPS) is 20.8. The van der Waals surface area contributed by atoms with Gasteiger partial charge in [-0.2, -0.15) is 0 Å². The van der Waals surface area contributed by atoms with Gasteiger partial charge in [0.15, 0.2) is 15.6 Å². The Morgan fingerprint density at radius 2 is 1.57 bits per heavy atom. The highest BCUT2D eigenvalue weighted by molar-refractivity contribution is 7.92. The van der Waals surface area contributed by atoms with E-state index in [1.807, 2.05) is 44.2 Å². The van der Waals surface area contributed by atoms with E-state index in [9.17, 15) is 22.8 Å². The Balaban J connectivity index is 1.83. The number of piperidine rings is 1. The van der Waals surface area contributed by atoms with Crippen LogP contribution in [0.4, 0.5) is 5.69 Å². The number of halogens is 2. The van der Waals surface area contributed by atoms with Crippen LogP contribution in [0.3, 0.4) is 0 Å². The predicted molar refractivity (Wildman–Crippen MR) is 190 cm³/mol. The first kappa shape index (κ1) is 36.6. The minimum atomic E-state index is -3.57. The molecule has 1 aliphatic rings. The van der Waals surface area contributed by atoms with Gasteiger partial charge in [0, 0.05) is 46.1 Å². The summed E-state index contributed by atoms with van der Waals surface area (Å²) < 4.78 is 26.9. The van der Waals surface area contributed by atoms with Crippen LogP contribution in [0, 0.1) is 11.3 Å². The molecule has 1 aliphatic heterocycles. The average Bonchev–Trinajstić information content (AvgIpc) is 3.01. The van der Waals surface area contributed by atoms with Crippen LogP contribution < -0.4 is 5.32 Å². The van der Waals surface area contributed by atoms with Gasteiger partial charge < -0.3 is 10.2 Å². The molecule has 1 heterocycles. The van der Waals surface area contributed by atoms with Crippen molar-refractivity contribution in [1.29, 1.82) is 0 Å². The van der Waals surface area contributed by atoms with Crippen molar-refractivity contribution in [3.63, 3.8) is 0 Å². The second kappa shape index (κ2) is 14.9. The topological polar surface area (TPSA) is 101 Å². The van der Waals surface area contributed by atoms with Gasteiger partial charge in [-0.15, -0.1) is 0 Å². The lowest BCUT2D eigenvalue weighted by Gasteiger charge is -2.53. The second-order valence-electron chi connectivity index (χ2n) is 13.4. The number of sulfone groups is 1. The molecule has 47 heavy (non-hydrogen) atoms. The summed E-state index contributed by atoms with van der Waals surface area (Å²) in [6.07, 6.45) is 0.558. The number of carbonyl (C=O) groups is 3. The predicted octanol–water partition coefficient (Wildman–Crippen LogP) is 8.53. The van der Waals surface area contributed by atoms with Crippen LogP contribution in [-0.4, -0.2) is 48.0 Å².